The van der Waals surface area contributed by atoms with Crippen molar-refractivity contribution in [3.8, 4) is 11.5 Å². The number of carbonyl (C=O) groups excluding carboxylic acids is 2. The van der Waals surface area contributed by atoms with Crippen molar-refractivity contribution in [2.75, 3.05) is 0 Å². The first-order valence-electron chi connectivity index (χ1n) is 10.7. The van der Waals surface area contributed by atoms with Crippen LogP contribution in [0.15, 0.2) is 35.4 Å². The molecule has 2 aliphatic rings. The van der Waals surface area contributed by atoms with Crippen molar-refractivity contribution in [3.63, 3.8) is 0 Å². The Morgan fingerprint density at radius 3 is 2.44 bits per heavy atom. The van der Waals surface area contributed by atoms with Crippen LogP contribution in [0.25, 0.3) is 0 Å². The molecule has 7 heteroatoms. The third-order valence-electron chi connectivity index (χ3n) is 6.42. The molecule has 0 unspecified atom stereocenters. The molecule has 174 valence electrons. The van der Waals surface area contributed by atoms with E-state index in [-0.39, 0.29) is 29.7 Å². The van der Waals surface area contributed by atoms with E-state index in [9.17, 15) is 19.8 Å². The van der Waals surface area contributed by atoms with E-state index in [2.05, 4.69) is 6.08 Å². The zero-order valence-corrected chi connectivity index (χ0v) is 20.6. The molecule has 0 radical (unpaired) electrons. The number of hydrogen-bond acceptors (Lipinski definition) is 5. The Morgan fingerprint density at radius 1 is 1.16 bits per heavy atom. The van der Waals surface area contributed by atoms with Gasteiger partial charge in [0.05, 0.1) is 16.5 Å². The molecule has 1 aliphatic carbocycles. The van der Waals surface area contributed by atoms with Crippen molar-refractivity contribution in [2.45, 2.75) is 81.8 Å². The second-order valence-electron chi connectivity index (χ2n) is 9.63. The van der Waals surface area contributed by atoms with Gasteiger partial charge in [-0.05, 0) is 59.9 Å². The van der Waals surface area contributed by atoms with Gasteiger partial charge in [-0.3, -0.25) is 9.59 Å². The molecule has 0 aromatic heterocycles. The summed E-state index contributed by atoms with van der Waals surface area (Å²) in [4.78, 5) is 25.7. The van der Waals surface area contributed by atoms with Gasteiger partial charge >= 0.3 is 0 Å². The summed E-state index contributed by atoms with van der Waals surface area (Å²) < 4.78 is 6.34. The van der Waals surface area contributed by atoms with Gasteiger partial charge in [-0.25, -0.2) is 0 Å². The van der Waals surface area contributed by atoms with Gasteiger partial charge in [0.25, 0.3) is 0 Å². The second kappa shape index (κ2) is 8.51. The first-order valence-corrected chi connectivity index (χ1v) is 11.5. The molecule has 3 atom stereocenters. The fraction of sp³-hybridized carbons (Fsp3) is 0.520. The Labute approximate surface area is 199 Å². The number of phenols is 2. The van der Waals surface area contributed by atoms with Gasteiger partial charge in [0.1, 0.15) is 16.4 Å². The van der Waals surface area contributed by atoms with Crippen LogP contribution >= 0.6 is 23.2 Å². The molecule has 2 N–H and O–H groups in total. The third-order valence-corrected chi connectivity index (χ3v) is 7.73. The minimum atomic E-state index is -1.79. The Morgan fingerprint density at radius 2 is 1.81 bits per heavy atom. The first kappa shape index (κ1) is 24.8. The van der Waals surface area contributed by atoms with E-state index in [1.165, 1.54) is 11.6 Å². The normalized spacial score (nSPS) is 29.3. The average Bonchev–Trinajstić information content (AvgIpc) is 2.67. The van der Waals surface area contributed by atoms with E-state index in [0.717, 1.165) is 24.5 Å². The number of aromatic hydroxyl groups is 2. The van der Waals surface area contributed by atoms with Crippen molar-refractivity contribution in [1.29, 1.82) is 0 Å². The minimum Gasteiger partial charge on any atom is -0.508 e. The lowest BCUT2D eigenvalue weighted by Crippen LogP contribution is -2.72. The molecule has 1 heterocycles. The number of fused-ring (bicyclic) bond motifs is 2. The molecule has 0 bridgehead atoms. The highest BCUT2D eigenvalue weighted by Gasteiger charge is 2.70. The summed E-state index contributed by atoms with van der Waals surface area (Å²) in [6.07, 6.45) is 5.74. The van der Waals surface area contributed by atoms with Gasteiger partial charge in [-0.1, -0.05) is 23.3 Å². The van der Waals surface area contributed by atoms with E-state index < -0.39 is 38.8 Å². The van der Waals surface area contributed by atoms with Gasteiger partial charge < -0.3 is 14.9 Å². The lowest BCUT2D eigenvalue weighted by Gasteiger charge is -2.56. The maximum Gasteiger partial charge on any atom is 0.198 e. The highest BCUT2D eigenvalue weighted by molar-refractivity contribution is 6.45. The molecule has 0 spiro atoms. The lowest BCUT2D eigenvalue weighted by molar-refractivity contribution is -0.157. The van der Waals surface area contributed by atoms with Crippen molar-refractivity contribution in [3.05, 3.63) is 46.6 Å². The maximum atomic E-state index is 13.9. The van der Waals surface area contributed by atoms with Crippen LogP contribution < -0.4 is 0 Å². The number of carbonyl (C=O) groups is 2. The van der Waals surface area contributed by atoms with Crippen LogP contribution in [-0.4, -0.2) is 43.2 Å². The minimum absolute atomic E-state index is 0.00189. The second-order valence-corrected chi connectivity index (χ2v) is 10.8. The Kier molecular flexibility index (Phi) is 6.60. The van der Waals surface area contributed by atoms with Crippen molar-refractivity contribution in [2.24, 2.45) is 0 Å². The number of hydrogen-bond donors (Lipinski definition) is 2. The molecular weight excluding hydrogens is 451 g/mol. The largest absolute Gasteiger partial charge is 0.508 e. The number of rotatable bonds is 5. The predicted octanol–water partition coefficient (Wildman–Crippen LogP) is 6.08. The molecule has 0 saturated carbocycles. The van der Waals surface area contributed by atoms with Crippen LogP contribution in [0.1, 0.15) is 81.0 Å². The molecule has 1 saturated heterocycles. The molecule has 3 rings (SSSR count). The van der Waals surface area contributed by atoms with Crippen LogP contribution in [0.4, 0.5) is 0 Å². The zero-order chi connectivity index (χ0) is 24.1. The molecule has 1 fully saturated rings. The van der Waals surface area contributed by atoms with E-state index in [1.54, 1.807) is 13.8 Å². The molecule has 5 nitrogen and oxygen atoms in total. The van der Waals surface area contributed by atoms with Crippen LogP contribution in [0, 0.1) is 0 Å². The fourth-order valence-corrected chi connectivity index (χ4v) is 5.31. The molecular formula is C25H30Cl2O5. The van der Waals surface area contributed by atoms with Gasteiger partial charge in [-0.15, -0.1) is 23.2 Å². The summed E-state index contributed by atoms with van der Waals surface area (Å²) in [5, 5.41) is 19.7. The summed E-state index contributed by atoms with van der Waals surface area (Å²) in [6.45, 7) is 9.57. The van der Waals surface area contributed by atoms with Crippen molar-refractivity contribution < 1.29 is 24.5 Å². The highest BCUT2D eigenvalue weighted by Crippen LogP contribution is 2.56. The summed E-state index contributed by atoms with van der Waals surface area (Å²) >= 11 is 13.5. The van der Waals surface area contributed by atoms with Crippen LogP contribution in [0.5, 0.6) is 11.5 Å². The van der Waals surface area contributed by atoms with Crippen LogP contribution in [-0.2, 0) is 4.74 Å². The highest BCUT2D eigenvalue weighted by atomic mass is 35.5. The number of ketones is 2. The number of Topliss-reactive ketones (excluding diaryl/α,β-unsaturated/α-hetero) is 2. The number of allylic oxidation sites excluding steroid dienone is 3. The number of phenolic OH excluding ortho intramolecular Hbond substituents is 2. The van der Waals surface area contributed by atoms with Gasteiger partial charge in [-0.2, -0.15) is 0 Å². The van der Waals surface area contributed by atoms with Crippen molar-refractivity contribution in [1.82, 2.24) is 0 Å². The Bertz CT molecular complexity index is 1020. The predicted molar refractivity (Wildman–Crippen MR) is 126 cm³/mol. The quantitative estimate of drug-likeness (QED) is 0.393. The molecule has 1 aliphatic heterocycles. The lowest BCUT2D eigenvalue weighted by atomic mass is 9.63. The van der Waals surface area contributed by atoms with Crippen molar-refractivity contribution >= 4 is 34.8 Å². The smallest absolute Gasteiger partial charge is 0.198 e. The number of ether oxygens (including phenoxy) is 1. The summed E-state index contributed by atoms with van der Waals surface area (Å²) in [6, 6.07) is 2.21. The fourth-order valence-electron chi connectivity index (χ4n) is 4.50. The maximum absolute atomic E-state index is 13.9. The number of benzene rings is 1. The van der Waals surface area contributed by atoms with Crippen LogP contribution in [0.2, 0.25) is 0 Å². The Hall–Kier alpha value is -1.82. The standard InChI is InChI=1S/C25H30Cl2O5/c1-14(2)7-6-8-15(3)9-10-25-21(30)17-11-16(28)12-18(29)20(17)22(31)24(25,27)13-19(26)23(4,5)32-25/h7,9,11-12,19,28-29H,6,8,10,13H2,1-5H3/b15-9+/t19-,24+,25+/m0/s1. The van der Waals surface area contributed by atoms with E-state index in [1.807, 2.05) is 26.8 Å². The topological polar surface area (TPSA) is 83.8 Å². The number of halogens is 2. The summed E-state index contributed by atoms with van der Waals surface area (Å²) in [7, 11) is 0. The van der Waals surface area contributed by atoms with Gasteiger partial charge in [0, 0.05) is 18.1 Å². The monoisotopic (exact) mass is 480 g/mol. The zero-order valence-electron chi connectivity index (χ0n) is 19.1. The van der Waals surface area contributed by atoms with Gasteiger partial charge in [0.15, 0.2) is 17.2 Å². The summed E-state index contributed by atoms with van der Waals surface area (Å²) in [5.74, 6) is -1.98. The average molecular weight is 481 g/mol. The third kappa shape index (κ3) is 4.00. The van der Waals surface area contributed by atoms with E-state index in [4.69, 9.17) is 27.9 Å². The first-order chi connectivity index (χ1) is 14.7. The van der Waals surface area contributed by atoms with Gasteiger partial charge in [0.2, 0.25) is 0 Å². The summed E-state index contributed by atoms with van der Waals surface area (Å²) in [5.41, 5.74) is -0.680. The molecule has 0 amide bonds. The van der Waals surface area contributed by atoms with E-state index >= 15 is 0 Å². The number of alkyl halides is 2. The Balaban J connectivity index is 2.14. The molecule has 1 aromatic carbocycles. The molecule has 32 heavy (non-hydrogen) atoms. The van der Waals surface area contributed by atoms with Crippen LogP contribution in [0.3, 0.4) is 0 Å². The van der Waals surface area contributed by atoms with E-state index in [0.29, 0.717) is 0 Å². The molecule has 1 aromatic rings. The SMILES string of the molecule is CC(C)=CCC/C(C)=C/C[C@]12OC(C)(C)[C@@H](Cl)C[C@@]1(Cl)C(=O)c1c(O)cc(O)cc1C2=O.